The molecule has 1 atom stereocenters. The van der Waals surface area contributed by atoms with Crippen LogP contribution in [-0.4, -0.2) is 24.5 Å². The lowest BCUT2D eigenvalue weighted by atomic mass is 10.3. The fraction of sp³-hybridized carbons (Fsp3) is 0.385. The van der Waals surface area contributed by atoms with Gasteiger partial charge in [0.15, 0.2) is 16.2 Å². The van der Waals surface area contributed by atoms with Gasteiger partial charge >= 0.3 is 0 Å². The molecule has 0 radical (unpaired) electrons. The monoisotopic (exact) mass is 328 g/mol. The molecule has 2 heterocycles. The Morgan fingerprint density at radius 2 is 2.20 bits per heavy atom. The van der Waals surface area contributed by atoms with E-state index in [4.69, 9.17) is 4.55 Å². The van der Waals surface area contributed by atoms with Crippen LogP contribution >= 0.6 is 23.1 Å². The number of unbranched alkanes of at least 4 members (excludes halogenated alkanes) is 2. The molecule has 0 amide bonds. The number of thioether (sulfide) groups is 1. The van der Waals surface area contributed by atoms with Gasteiger partial charge in [0.25, 0.3) is 0 Å². The molecule has 2 aromatic rings. The van der Waals surface area contributed by atoms with E-state index in [2.05, 4.69) is 16.9 Å². The van der Waals surface area contributed by atoms with Crippen molar-refractivity contribution in [2.45, 2.75) is 35.6 Å². The van der Waals surface area contributed by atoms with Crippen molar-refractivity contribution in [3.05, 3.63) is 24.4 Å². The molecule has 2 rings (SSSR count). The van der Waals surface area contributed by atoms with Crippen LogP contribution in [0.2, 0.25) is 0 Å². The Morgan fingerprint density at radius 1 is 1.35 bits per heavy atom. The van der Waals surface area contributed by atoms with Gasteiger partial charge in [0.2, 0.25) is 0 Å². The summed E-state index contributed by atoms with van der Waals surface area (Å²) >= 11 is 1.02. The molecule has 0 saturated carbocycles. The molecule has 0 spiro atoms. The highest BCUT2D eigenvalue weighted by Crippen LogP contribution is 2.29. The fourth-order valence-corrected chi connectivity index (χ4v) is 3.89. The molecule has 4 nitrogen and oxygen atoms in total. The zero-order valence-electron chi connectivity index (χ0n) is 11.1. The van der Waals surface area contributed by atoms with Crippen molar-refractivity contribution >= 4 is 34.2 Å². The molecule has 0 aliphatic carbocycles. The SMILES string of the molecule is CCCCCSc1nccc(-c2ccc(S(=O)O)s2)n1. The Balaban J connectivity index is 2.06. The first-order chi connectivity index (χ1) is 9.70. The molecule has 0 aliphatic heterocycles. The Bertz CT molecular complexity index is 587. The molecule has 0 aliphatic rings. The minimum atomic E-state index is -1.92. The summed E-state index contributed by atoms with van der Waals surface area (Å²) in [6.07, 6.45) is 5.34. The zero-order valence-corrected chi connectivity index (χ0v) is 13.6. The number of hydrogen-bond acceptors (Lipinski definition) is 5. The summed E-state index contributed by atoms with van der Waals surface area (Å²) in [5.41, 5.74) is 0.805. The molecule has 20 heavy (non-hydrogen) atoms. The van der Waals surface area contributed by atoms with Gasteiger partial charge in [0.1, 0.15) is 4.21 Å². The Hall–Kier alpha value is -0.760. The molecular weight excluding hydrogens is 312 g/mol. The van der Waals surface area contributed by atoms with Crippen LogP contribution in [0.15, 0.2) is 33.8 Å². The normalized spacial score (nSPS) is 12.5. The van der Waals surface area contributed by atoms with E-state index in [0.29, 0.717) is 4.21 Å². The van der Waals surface area contributed by atoms with Crippen LogP contribution in [-0.2, 0) is 11.1 Å². The molecule has 0 bridgehead atoms. The molecular formula is C13H16N2O2S3. The third-order valence-electron chi connectivity index (χ3n) is 2.62. The van der Waals surface area contributed by atoms with E-state index >= 15 is 0 Å². The smallest absolute Gasteiger partial charge is 0.196 e. The molecule has 2 aromatic heterocycles. The summed E-state index contributed by atoms with van der Waals surface area (Å²) in [6, 6.07) is 5.31. The Kier molecular flexibility index (Phi) is 6.15. The van der Waals surface area contributed by atoms with Crippen molar-refractivity contribution in [3.63, 3.8) is 0 Å². The maximum Gasteiger partial charge on any atom is 0.196 e. The summed E-state index contributed by atoms with van der Waals surface area (Å²) in [6.45, 7) is 2.18. The number of thiophene rings is 1. The zero-order chi connectivity index (χ0) is 14.4. The van der Waals surface area contributed by atoms with Gasteiger partial charge in [-0.3, -0.25) is 0 Å². The number of aromatic nitrogens is 2. The van der Waals surface area contributed by atoms with Crippen LogP contribution in [0.25, 0.3) is 10.6 Å². The van der Waals surface area contributed by atoms with Gasteiger partial charge in [-0.05, 0) is 24.6 Å². The van der Waals surface area contributed by atoms with Crippen molar-refractivity contribution in [3.8, 4) is 10.6 Å². The van der Waals surface area contributed by atoms with Crippen molar-refractivity contribution < 1.29 is 8.76 Å². The molecule has 1 unspecified atom stereocenters. The lowest BCUT2D eigenvalue weighted by Crippen LogP contribution is -1.89. The Morgan fingerprint density at radius 3 is 2.90 bits per heavy atom. The maximum absolute atomic E-state index is 11.0. The van der Waals surface area contributed by atoms with Crippen molar-refractivity contribution in [1.29, 1.82) is 0 Å². The van der Waals surface area contributed by atoms with Crippen LogP contribution in [0.4, 0.5) is 0 Å². The van der Waals surface area contributed by atoms with Gasteiger partial charge in [-0.25, -0.2) is 14.2 Å². The minimum Gasteiger partial charge on any atom is -0.302 e. The first-order valence-corrected chi connectivity index (χ1v) is 9.28. The second kappa shape index (κ2) is 7.87. The van der Waals surface area contributed by atoms with E-state index in [1.54, 1.807) is 24.0 Å². The molecule has 0 aromatic carbocycles. The maximum atomic E-state index is 11.0. The number of hydrogen-bond donors (Lipinski definition) is 1. The van der Waals surface area contributed by atoms with Crippen LogP contribution in [0.1, 0.15) is 26.2 Å². The second-order valence-electron chi connectivity index (χ2n) is 4.15. The van der Waals surface area contributed by atoms with E-state index in [1.165, 1.54) is 30.6 Å². The molecule has 108 valence electrons. The minimum absolute atomic E-state index is 0.441. The summed E-state index contributed by atoms with van der Waals surface area (Å²) in [4.78, 5) is 9.64. The van der Waals surface area contributed by atoms with Crippen LogP contribution in [0.3, 0.4) is 0 Å². The van der Waals surface area contributed by atoms with Crippen molar-refractivity contribution in [2.24, 2.45) is 0 Å². The van der Waals surface area contributed by atoms with E-state index in [1.807, 2.05) is 12.1 Å². The number of nitrogens with zero attached hydrogens (tertiary/aromatic N) is 2. The lowest BCUT2D eigenvalue weighted by Gasteiger charge is -2.01. The first kappa shape index (κ1) is 15.6. The first-order valence-electron chi connectivity index (χ1n) is 6.37. The highest BCUT2D eigenvalue weighted by Gasteiger charge is 2.09. The topological polar surface area (TPSA) is 63.1 Å². The average Bonchev–Trinajstić information content (AvgIpc) is 2.94. The lowest BCUT2D eigenvalue weighted by molar-refractivity contribution is 0.566. The van der Waals surface area contributed by atoms with E-state index < -0.39 is 11.1 Å². The van der Waals surface area contributed by atoms with Crippen LogP contribution in [0, 0.1) is 0 Å². The highest BCUT2D eigenvalue weighted by molar-refractivity contribution is 7.99. The third kappa shape index (κ3) is 4.37. The predicted molar refractivity (Wildman–Crippen MR) is 84.6 cm³/mol. The summed E-state index contributed by atoms with van der Waals surface area (Å²) in [5.74, 6) is 1.02. The van der Waals surface area contributed by atoms with Crippen molar-refractivity contribution in [1.82, 2.24) is 9.97 Å². The van der Waals surface area contributed by atoms with E-state index in [-0.39, 0.29) is 0 Å². The van der Waals surface area contributed by atoms with Crippen LogP contribution < -0.4 is 0 Å². The van der Waals surface area contributed by atoms with Gasteiger partial charge < -0.3 is 4.55 Å². The van der Waals surface area contributed by atoms with E-state index in [9.17, 15) is 4.21 Å². The number of rotatable bonds is 7. The Labute approximate surface area is 129 Å². The standard InChI is InChI=1S/C13H16N2O2S3/c1-2-3-4-9-18-13-14-8-7-10(15-13)11-5-6-12(19-11)20(16)17/h5-8H,2-4,9H2,1H3,(H,16,17). The summed E-state index contributed by atoms with van der Waals surface area (Å²) in [5, 5.41) is 0.763. The molecule has 0 saturated heterocycles. The van der Waals surface area contributed by atoms with Gasteiger partial charge in [0.05, 0.1) is 10.6 Å². The highest BCUT2D eigenvalue weighted by atomic mass is 32.2. The van der Waals surface area contributed by atoms with Crippen LogP contribution in [0.5, 0.6) is 0 Å². The van der Waals surface area contributed by atoms with Gasteiger partial charge in [0, 0.05) is 11.9 Å². The fourth-order valence-electron chi connectivity index (χ4n) is 1.61. The molecule has 7 heteroatoms. The summed E-state index contributed by atoms with van der Waals surface area (Å²) < 4.78 is 20.5. The van der Waals surface area contributed by atoms with E-state index in [0.717, 1.165) is 21.5 Å². The summed E-state index contributed by atoms with van der Waals surface area (Å²) in [7, 11) is 0. The third-order valence-corrected chi connectivity index (χ3v) is 5.63. The second-order valence-corrected chi connectivity index (χ2v) is 7.49. The quantitative estimate of drug-likeness (QED) is 0.359. The molecule has 1 N–H and O–H groups in total. The van der Waals surface area contributed by atoms with Gasteiger partial charge in [-0.1, -0.05) is 31.5 Å². The van der Waals surface area contributed by atoms with Gasteiger partial charge in [-0.2, -0.15) is 0 Å². The predicted octanol–water partition coefficient (Wildman–Crippen LogP) is 4.07. The largest absolute Gasteiger partial charge is 0.302 e. The van der Waals surface area contributed by atoms with Crippen molar-refractivity contribution in [2.75, 3.05) is 5.75 Å². The molecule has 0 fully saturated rings. The average molecular weight is 328 g/mol. The van der Waals surface area contributed by atoms with Gasteiger partial charge in [-0.15, -0.1) is 11.3 Å².